The Kier molecular flexibility index (Phi) is 5.63. The molecule has 2 atom stereocenters. The molecule has 0 aromatic rings. The molecule has 12 heavy (non-hydrogen) atoms. The Labute approximate surface area is 82.0 Å². The van der Waals surface area contributed by atoms with Crippen molar-refractivity contribution in [2.24, 2.45) is 5.92 Å². The molecule has 0 amide bonds. The molecule has 0 aromatic heterocycles. The second kappa shape index (κ2) is 5.62. The molecule has 0 spiro atoms. The van der Waals surface area contributed by atoms with E-state index >= 15 is 0 Å². The fraction of sp³-hybridized carbons (Fsp3) is 0.857. The molecule has 0 saturated carbocycles. The Balaban J connectivity index is 3.94. The molecule has 0 aliphatic carbocycles. The number of rotatable bonds is 5. The van der Waals surface area contributed by atoms with E-state index in [-0.39, 0.29) is 5.92 Å². The van der Waals surface area contributed by atoms with E-state index in [4.69, 9.17) is 28.3 Å². The van der Waals surface area contributed by atoms with Crippen molar-refractivity contribution in [2.75, 3.05) is 7.05 Å². The van der Waals surface area contributed by atoms with E-state index in [0.717, 1.165) is 0 Å². The highest BCUT2D eigenvalue weighted by molar-refractivity contribution is 6.44. The third-order valence-electron chi connectivity index (χ3n) is 1.68. The van der Waals surface area contributed by atoms with Gasteiger partial charge in [-0.15, -0.1) is 23.2 Å². The number of carboxylic acid groups (broad SMARTS) is 1. The minimum absolute atomic E-state index is 0.0260. The number of nitrogens with one attached hydrogen (secondary N) is 1. The maximum Gasteiger partial charge on any atom is 0.320 e. The van der Waals surface area contributed by atoms with Crippen molar-refractivity contribution in [2.45, 2.75) is 24.2 Å². The Morgan fingerprint density at radius 3 is 2.33 bits per heavy atom. The van der Waals surface area contributed by atoms with Crippen molar-refractivity contribution in [3.05, 3.63) is 0 Å². The van der Waals surface area contributed by atoms with Crippen LogP contribution in [0.5, 0.6) is 0 Å². The van der Waals surface area contributed by atoms with Crippen LogP contribution in [-0.2, 0) is 4.79 Å². The molecular weight excluding hydrogens is 201 g/mol. The van der Waals surface area contributed by atoms with E-state index in [0.29, 0.717) is 6.42 Å². The maximum atomic E-state index is 10.5. The van der Waals surface area contributed by atoms with Crippen LogP contribution < -0.4 is 5.32 Å². The molecule has 0 aliphatic rings. The number of hydrogen-bond acceptors (Lipinski definition) is 2. The molecule has 0 rings (SSSR count). The Morgan fingerprint density at radius 2 is 2.08 bits per heavy atom. The second-order valence-corrected chi connectivity index (χ2v) is 3.89. The van der Waals surface area contributed by atoms with Crippen molar-refractivity contribution in [1.29, 1.82) is 0 Å². The van der Waals surface area contributed by atoms with Crippen LogP contribution in [0.4, 0.5) is 0 Å². The average Bonchev–Trinajstić information content (AvgIpc) is 1.98. The van der Waals surface area contributed by atoms with E-state index in [1.54, 1.807) is 7.05 Å². The lowest BCUT2D eigenvalue weighted by atomic mass is 10.0. The van der Waals surface area contributed by atoms with Gasteiger partial charge in [0.25, 0.3) is 0 Å². The third kappa shape index (κ3) is 4.14. The molecule has 0 heterocycles. The third-order valence-corrected chi connectivity index (χ3v) is 2.54. The Hall–Kier alpha value is 0.01000. The first-order chi connectivity index (χ1) is 5.49. The molecule has 0 saturated heterocycles. The average molecular weight is 214 g/mol. The van der Waals surface area contributed by atoms with Gasteiger partial charge in [0.1, 0.15) is 10.9 Å². The molecule has 0 unspecified atom stereocenters. The van der Waals surface area contributed by atoms with Gasteiger partial charge in [0, 0.05) is 0 Å². The summed E-state index contributed by atoms with van der Waals surface area (Å²) in [6, 6.07) is -0.569. The van der Waals surface area contributed by atoms with Gasteiger partial charge >= 0.3 is 5.97 Å². The van der Waals surface area contributed by atoms with Crippen LogP contribution in [0.3, 0.4) is 0 Å². The van der Waals surface area contributed by atoms with E-state index in [2.05, 4.69) is 5.32 Å². The minimum atomic E-state index is -0.877. The first kappa shape index (κ1) is 12.0. The summed E-state index contributed by atoms with van der Waals surface area (Å²) in [6.07, 6.45) is 0.434. The lowest BCUT2D eigenvalue weighted by molar-refractivity contribution is -0.139. The summed E-state index contributed by atoms with van der Waals surface area (Å²) < 4.78 is 0. The lowest BCUT2D eigenvalue weighted by Gasteiger charge is -2.17. The van der Waals surface area contributed by atoms with Crippen LogP contribution >= 0.6 is 23.2 Å². The van der Waals surface area contributed by atoms with Gasteiger partial charge in [-0.2, -0.15) is 0 Å². The summed E-state index contributed by atoms with van der Waals surface area (Å²) in [6.45, 7) is 1.82. The first-order valence-electron chi connectivity index (χ1n) is 3.67. The van der Waals surface area contributed by atoms with Crippen LogP contribution in [0, 0.1) is 5.92 Å². The highest BCUT2D eigenvalue weighted by atomic mass is 35.5. The van der Waals surface area contributed by atoms with Crippen molar-refractivity contribution in [3.63, 3.8) is 0 Å². The zero-order valence-electron chi connectivity index (χ0n) is 7.05. The number of halogens is 2. The molecule has 0 bridgehead atoms. The first-order valence-corrected chi connectivity index (χ1v) is 4.54. The van der Waals surface area contributed by atoms with Crippen LogP contribution in [0.1, 0.15) is 13.3 Å². The fourth-order valence-electron chi connectivity index (χ4n) is 0.817. The number of carboxylic acids is 1. The fourth-order valence-corrected chi connectivity index (χ4v) is 1.02. The standard InChI is InChI=1S/C7H13Cl2NO2/c1-4(6(8)9)3-5(10-2)7(11)12/h4-6,10H,3H2,1-2H3,(H,11,12)/t4-,5-/m0/s1. The van der Waals surface area contributed by atoms with E-state index in [1.165, 1.54) is 0 Å². The largest absolute Gasteiger partial charge is 0.480 e. The van der Waals surface area contributed by atoms with Crippen molar-refractivity contribution >= 4 is 29.2 Å². The topological polar surface area (TPSA) is 49.3 Å². The number of hydrogen-bond donors (Lipinski definition) is 2. The maximum absolute atomic E-state index is 10.5. The van der Waals surface area contributed by atoms with Gasteiger partial charge in [0.15, 0.2) is 0 Å². The molecule has 0 fully saturated rings. The number of carbonyl (C=O) groups is 1. The van der Waals surface area contributed by atoms with E-state index in [9.17, 15) is 4.79 Å². The number of aliphatic carboxylic acids is 1. The number of alkyl halides is 2. The minimum Gasteiger partial charge on any atom is -0.480 e. The monoisotopic (exact) mass is 213 g/mol. The summed E-state index contributed by atoms with van der Waals surface area (Å²) >= 11 is 11.2. The molecule has 0 radical (unpaired) electrons. The highest BCUT2D eigenvalue weighted by Crippen LogP contribution is 2.19. The second-order valence-electron chi connectivity index (χ2n) is 2.73. The number of likely N-dealkylation sites (N-methyl/N-ethyl adjacent to an activating group) is 1. The molecule has 5 heteroatoms. The summed E-state index contributed by atoms with van der Waals surface area (Å²) in [4.78, 5) is 10.0. The van der Waals surface area contributed by atoms with Crippen molar-refractivity contribution in [1.82, 2.24) is 5.32 Å². The van der Waals surface area contributed by atoms with Crippen molar-refractivity contribution < 1.29 is 9.90 Å². The SMILES string of the molecule is CN[C@@H](C[C@H](C)C(Cl)Cl)C(=O)O. The van der Waals surface area contributed by atoms with Crippen LogP contribution in [0.15, 0.2) is 0 Å². The van der Waals surface area contributed by atoms with Gasteiger partial charge in [-0.05, 0) is 19.4 Å². The van der Waals surface area contributed by atoms with Crippen molar-refractivity contribution in [3.8, 4) is 0 Å². The molecule has 2 N–H and O–H groups in total. The normalized spacial score (nSPS) is 16.1. The summed E-state index contributed by atoms with van der Waals surface area (Å²) in [5, 5.41) is 11.3. The van der Waals surface area contributed by atoms with Gasteiger partial charge < -0.3 is 10.4 Å². The zero-order chi connectivity index (χ0) is 9.72. The predicted octanol–water partition coefficient (Wildman–Crippen LogP) is 1.49. The predicted molar refractivity (Wildman–Crippen MR) is 49.8 cm³/mol. The van der Waals surface area contributed by atoms with Gasteiger partial charge in [-0.25, -0.2) is 0 Å². The van der Waals surface area contributed by atoms with Gasteiger partial charge in [-0.3, -0.25) is 4.79 Å². The van der Waals surface area contributed by atoms with Crippen LogP contribution in [0.25, 0.3) is 0 Å². The molecular formula is C7H13Cl2NO2. The zero-order valence-corrected chi connectivity index (χ0v) is 8.56. The van der Waals surface area contributed by atoms with Gasteiger partial charge in [-0.1, -0.05) is 6.92 Å². The Morgan fingerprint density at radius 1 is 1.58 bits per heavy atom. The van der Waals surface area contributed by atoms with Crippen LogP contribution in [0.2, 0.25) is 0 Å². The lowest BCUT2D eigenvalue weighted by Crippen LogP contribution is -2.36. The molecule has 0 aliphatic heterocycles. The summed E-state index contributed by atoms with van der Waals surface area (Å²) in [5.41, 5.74) is 0. The molecule has 3 nitrogen and oxygen atoms in total. The highest BCUT2D eigenvalue weighted by Gasteiger charge is 2.21. The van der Waals surface area contributed by atoms with Crippen LogP contribution in [-0.4, -0.2) is 29.0 Å². The summed E-state index contributed by atoms with van der Waals surface area (Å²) in [7, 11) is 1.60. The van der Waals surface area contributed by atoms with Gasteiger partial charge in [0.2, 0.25) is 0 Å². The van der Waals surface area contributed by atoms with E-state index in [1.807, 2.05) is 6.92 Å². The van der Waals surface area contributed by atoms with Gasteiger partial charge in [0.05, 0.1) is 0 Å². The smallest absolute Gasteiger partial charge is 0.320 e. The molecule has 72 valence electrons. The van der Waals surface area contributed by atoms with E-state index < -0.39 is 16.8 Å². The quantitative estimate of drug-likeness (QED) is 0.681. The molecule has 0 aromatic carbocycles. The summed E-state index contributed by atoms with van der Waals surface area (Å²) in [5.74, 6) is -0.903. The Bertz CT molecular complexity index is 152.